The summed E-state index contributed by atoms with van der Waals surface area (Å²) in [5.74, 6) is 1.51. The maximum atomic E-state index is 13.6. The molecular weight excluding hydrogens is 436 g/mol. The van der Waals surface area contributed by atoms with Crippen LogP contribution in [0.25, 0.3) is 0 Å². The molecule has 0 aromatic heterocycles. The van der Waals surface area contributed by atoms with Crippen LogP contribution in [0.4, 0.5) is 11.4 Å². The molecule has 0 radical (unpaired) electrons. The van der Waals surface area contributed by atoms with Crippen molar-refractivity contribution in [3.8, 4) is 11.5 Å². The van der Waals surface area contributed by atoms with Crippen LogP contribution < -0.4 is 19.7 Å². The Morgan fingerprint density at radius 1 is 0.800 bits per heavy atom. The molecule has 0 unspecified atom stereocenters. The van der Waals surface area contributed by atoms with Crippen molar-refractivity contribution in [2.45, 2.75) is 46.1 Å². The van der Waals surface area contributed by atoms with Gasteiger partial charge in [-0.1, -0.05) is 45.0 Å². The van der Waals surface area contributed by atoms with Crippen molar-refractivity contribution in [2.24, 2.45) is 0 Å². The normalized spacial score (nSPS) is 15.7. The van der Waals surface area contributed by atoms with E-state index in [0.717, 1.165) is 28.4 Å². The largest absolute Gasteiger partial charge is 0.494 e. The molecular formula is C30H34N2O3. The molecule has 1 aliphatic rings. The fraction of sp³-hybridized carbons (Fsp3) is 0.300. The van der Waals surface area contributed by atoms with E-state index >= 15 is 0 Å². The molecule has 0 saturated carbocycles. The predicted molar refractivity (Wildman–Crippen MR) is 142 cm³/mol. The van der Waals surface area contributed by atoms with Gasteiger partial charge < -0.3 is 14.8 Å². The Kier molecular flexibility index (Phi) is 7.15. The van der Waals surface area contributed by atoms with E-state index in [0.29, 0.717) is 18.9 Å². The van der Waals surface area contributed by atoms with Gasteiger partial charge in [-0.2, -0.15) is 0 Å². The number of benzene rings is 3. The van der Waals surface area contributed by atoms with Crippen LogP contribution in [0.1, 0.15) is 51.8 Å². The van der Waals surface area contributed by atoms with Gasteiger partial charge in [0.15, 0.2) is 0 Å². The summed E-state index contributed by atoms with van der Waals surface area (Å²) < 4.78 is 11.1. The molecule has 3 aromatic carbocycles. The average Bonchev–Trinajstić information content (AvgIpc) is 3.16. The first-order chi connectivity index (χ1) is 16.8. The number of carbonyl (C=O) groups is 1. The van der Waals surface area contributed by atoms with Crippen LogP contribution in [0.3, 0.4) is 0 Å². The van der Waals surface area contributed by atoms with Crippen LogP contribution in [0, 0.1) is 0 Å². The minimum Gasteiger partial charge on any atom is -0.494 e. The van der Waals surface area contributed by atoms with Gasteiger partial charge in [-0.3, -0.25) is 9.69 Å². The van der Waals surface area contributed by atoms with Crippen LogP contribution >= 0.6 is 0 Å². The van der Waals surface area contributed by atoms with Crippen LogP contribution in [-0.2, 0) is 10.2 Å². The molecule has 0 fully saturated rings. The molecule has 1 N–H and O–H groups in total. The summed E-state index contributed by atoms with van der Waals surface area (Å²) in [6, 6.07) is 23.7. The van der Waals surface area contributed by atoms with Crippen molar-refractivity contribution in [2.75, 3.05) is 23.4 Å². The SMILES string of the molecule is CCOc1ccc(NC2=C[C@@H](c3ccc(C(C)(C)C)cc3)N(c3ccc(OCC)cc3)C2=O)cc1. The third-order valence-corrected chi connectivity index (χ3v) is 6.04. The number of hydrogen-bond acceptors (Lipinski definition) is 4. The highest BCUT2D eigenvalue weighted by Crippen LogP contribution is 2.37. The molecule has 5 heteroatoms. The van der Waals surface area contributed by atoms with Crippen molar-refractivity contribution < 1.29 is 14.3 Å². The van der Waals surface area contributed by atoms with Crippen LogP contribution in [-0.4, -0.2) is 19.1 Å². The van der Waals surface area contributed by atoms with Crippen molar-refractivity contribution in [1.29, 1.82) is 0 Å². The summed E-state index contributed by atoms with van der Waals surface area (Å²) in [4.78, 5) is 15.5. The zero-order valence-electron chi connectivity index (χ0n) is 21.2. The van der Waals surface area contributed by atoms with Gasteiger partial charge in [0.1, 0.15) is 17.2 Å². The van der Waals surface area contributed by atoms with Gasteiger partial charge >= 0.3 is 0 Å². The number of nitrogens with zero attached hydrogens (tertiary/aromatic N) is 1. The van der Waals surface area contributed by atoms with Gasteiger partial charge in [-0.25, -0.2) is 0 Å². The molecule has 0 spiro atoms. The zero-order chi connectivity index (χ0) is 25.0. The molecule has 0 bridgehead atoms. The molecule has 1 aliphatic heterocycles. The number of hydrogen-bond donors (Lipinski definition) is 1. The number of carbonyl (C=O) groups excluding carboxylic acids is 1. The Bertz CT molecular complexity index is 1170. The monoisotopic (exact) mass is 470 g/mol. The first kappa shape index (κ1) is 24.4. The van der Waals surface area contributed by atoms with Crippen LogP contribution in [0.5, 0.6) is 11.5 Å². The lowest BCUT2D eigenvalue weighted by molar-refractivity contribution is -0.114. The molecule has 1 amide bonds. The summed E-state index contributed by atoms with van der Waals surface area (Å²) in [6.07, 6.45) is 2.00. The summed E-state index contributed by atoms with van der Waals surface area (Å²) in [5, 5.41) is 3.32. The molecule has 1 atom stereocenters. The van der Waals surface area contributed by atoms with Crippen molar-refractivity contribution >= 4 is 17.3 Å². The molecule has 3 aromatic rings. The average molecular weight is 471 g/mol. The number of amides is 1. The van der Waals surface area contributed by atoms with E-state index in [9.17, 15) is 4.79 Å². The second kappa shape index (κ2) is 10.3. The lowest BCUT2D eigenvalue weighted by Gasteiger charge is -2.26. The highest BCUT2D eigenvalue weighted by atomic mass is 16.5. The number of rotatable bonds is 8. The second-order valence-electron chi connectivity index (χ2n) is 9.58. The maximum Gasteiger partial charge on any atom is 0.275 e. The lowest BCUT2D eigenvalue weighted by Crippen LogP contribution is -2.30. The standard InChI is InChI=1S/C30H34N2O3/c1-6-34-25-16-12-23(13-17-25)31-27-20-28(21-8-10-22(11-9-21)30(3,4)5)32(29(27)33)24-14-18-26(19-15-24)35-7-2/h8-20,28,31H,6-7H2,1-5H3/t28-/m0/s1. The summed E-state index contributed by atoms with van der Waals surface area (Å²) in [7, 11) is 0. The van der Waals surface area contributed by atoms with E-state index < -0.39 is 0 Å². The van der Waals surface area contributed by atoms with E-state index in [1.807, 2.05) is 73.4 Å². The van der Waals surface area contributed by atoms with Gasteiger partial charge in [0.25, 0.3) is 5.91 Å². The van der Waals surface area contributed by atoms with Gasteiger partial charge in [-0.15, -0.1) is 0 Å². The Labute approximate surface area is 208 Å². The Hall–Kier alpha value is -3.73. The third-order valence-electron chi connectivity index (χ3n) is 6.04. The summed E-state index contributed by atoms with van der Waals surface area (Å²) in [5.41, 5.74) is 4.59. The maximum absolute atomic E-state index is 13.6. The molecule has 0 aliphatic carbocycles. The zero-order valence-corrected chi connectivity index (χ0v) is 21.2. The van der Waals surface area contributed by atoms with E-state index in [1.165, 1.54) is 5.56 Å². The van der Waals surface area contributed by atoms with Gasteiger partial charge in [-0.05, 0) is 85.0 Å². The number of ether oxygens (including phenoxy) is 2. The van der Waals surface area contributed by atoms with E-state index in [4.69, 9.17) is 9.47 Å². The molecule has 182 valence electrons. The Morgan fingerprint density at radius 3 is 1.86 bits per heavy atom. The smallest absolute Gasteiger partial charge is 0.275 e. The molecule has 35 heavy (non-hydrogen) atoms. The molecule has 5 nitrogen and oxygen atoms in total. The fourth-order valence-electron chi connectivity index (χ4n) is 4.18. The molecule has 0 saturated heterocycles. The quantitative estimate of drug-likeness (QED) is 0.390. The lowest BCUT2D eigenvalue weighted by atomic mass is 9.86. The van der Waals surface area contributed by atoms with Gasteiger partial charge in [0, 0.05) is 11.4 Å². The van der Waals surface area contributed by atoms with Gasteiger partial charge in [0.05, 0.1) is 19.3 Å². The van der Waals surface area contributed by atoms with Crippen molar-refractivity contribution in [3.05, 3.63) is 95.7 Å². The topological polar surface area (TPSA) is 50.8 Å². The van der Waals surface area contributed by atoms with Crippen LogP contribution in [0.15, 0.2) is 84.6 Å². The van der Waals surface area contributed by atoms with E-state index in [-0.39, 0.29) is 17.4 Å². The first-order valence-electron chi connectivity index (χ1n) is 12.2. The van der Waals surface area contributed by atoms with E-state index in [1.54, 1.807) is 0 Å². The highest BCUT2D eigenvalue weighted by molar-refractivity contribution is 6.11. The van der Waals surface area contributed by atoms with Crippen molar-refractivity contribution in [3.63, 3.8) is 0 Å². The Morgan fingerprint density at radius 2 is 1.34 bits per heavy atom. The third kappa shape index (κ3) is 5.51. The number of anilines is 2. The highest BCUT2D eigenvalue weighted by Gasteiger charge is 2.35. The fourth-order valence-corrected chi connectivity index (χ4v) is 4.18. The predicted octanol–water partition coefficient (Wildman–Crippen LogP) is 6.87. The molecule has 1 heterocycles. The van der Waals surface area contributed by atoms with Crippen molar-refractivity contribution in [1.82, 2.24) is 0 Å². The second-order valence-corrected chi connectivity index (χ2v) is 9.58. The summed E-state index contributed by atoms with van der Waals surface area (Å²) >= 11 is 0. The van der Waals surface area contributed by atoms with E-state index in [2.05, 4.69) is 50.4 Å². The molecule has 4 rings (SSSR count). The van der Waals surface area contributed by atoms with Crippen LogP contribution in [0.2, 0.25) is 0 Å². The number of nitrogens with one attached hydrogen (secondary N) is 1. The minimum atomic E-state index is -0.223. The first-order valence-corrected chi connectivity index (χ1v) is 12.2. The minimum absolute atomic E-state index is 0.0645. The van der Waals surface area contributed by atoms with Gasteiger partial charge in [0.2, 0.25) is 0 Å². The Balaban J connectivity index is 1.66. The summed E-state index contributed by atoms with van der Waals surface area (Å²) in [6.45, 7) is 11.7.